The van der Waals surface area contributed by atoms with Crippen LogP contribution in [0.25, 0.3) is 0 Å². The second-order valence-corrected chi connectivity index (χ2v) is 8.43. The van der Waals surface area contributed by atoms with Gasteiger partial charge in [-0.25, -0.2) is 4.39 Å². The van der Waals surface area contributed by atoms with E-state index in [0.717, 1.165) is 26.2 Å². The highest BCUT2D eigenvalue weighted by Gasteiger charge is 2.34. The number of carbonyl (C=O) groups is 2. The molecule has 3 fully saturated rings. The molecule has 1 aromatic rings. The Bertz CT molecular complexity index is 729. The van der Waals surface area contributed by atoms with Crippen molar-refractivity contribution in [1.82, 2.24) is 20.0 Å². The molecule has 0 spiro atoms. The van der Waals surface area contributed by atoms with Gasteiger partial charge in [-0.3, -0.25) is 19.4 Å². The van der Waals surface area contributed by atoms with E-state index in [1.54, 1.807) is 18.2 Å². The predicted molar refractivity (Wildman–Crippen MR) is 109 cm³/mol. The molecule has 1 atom stereocenters. The number of benzene rings is 1. The average Bonchev–Trinajstić information content (AvgIpc) is 3.27. The summed E-state index contributed by atoms with van der Waals surface area (Å²) in [7, 11) is 0. The first-order valence-electron chi connectivity index (χ1n) is 10.9. The van der Waals surface area contributed by atoms with Crippen LogP contribution in [-0.2, 0) is 16.1 Å². The van der Waals surface area contributed by atoms with Crippen molar-refractivity contribution >= 4 is 11.8 Å². The van der Waals surface area contributed by atoms with Crippen molar-refractivity contribution in [3.63, 3.8) is 0 Å². The normalized spacial score (nSPS) is 24.7. The maximum Gasteiger partial charge on any atom is 0.237 e. The molecule has 1 N–H and O–H groups in total. The number of halogens is 1. The van der Waals surface area contributed by atoms with Gasteiger partial charge in [0.25, 0.3) is 0 Å². The van der Waals surface area contributed by atoms with E-state index in [1.807, 2.05) is 9.80 Å². The lowest BCUT2D eigenvalue weighted by molar-refractivity contribution is -0.140. The molecule has 4 rings (SSSR count). The first kappa shape index (κ1) is 20.3. The number of hydrogen-bond acceptors (Lipinski definition) is 4. The lowest BCUT2D eigenvalue weighted by Crippen LogP contribution is -2.57. The third-order valence-electron chi connectivity index (χ3n) is 6.65. The van der Waals surface area contributed by atoms with Crippen molar-refractivity contribution in [2.24, 2.45) is 0 Å². The Morgan fingerprint density at radius 2 is 1.79 bits per heavy atom. The number of nitrogens with zero attached hydrogens (tertiary/aromatic N) is 3. The zero-order valence-electron chi connectivity index (χ0n) is 17.0. The topological polar surface area (TPSA) is 55.9 Å². The third kappa shape index (κ3) is 4.78. The van der Waals surface area contributed by atoms with Crippen LogP contribution >= 0.6 is 0 Å². The van der Waals surface area contributed by atoms with E-state index in [4.69, 9.17) is 0 Å². The fraction of sp³-hybridized carbons (Fsp3) is 0.636. The Morgan fingerprint density at radius 3 is 2.52 bits per heavy atom. The second-order valence-electron chi connectivity index (χ2n) is 8.43. The molecule has 158 valence electrons. The standard InChI is InChI=1S/C22H31FN4O2/c23-19-8-4-1-5-17(19)16-27-10-9-24-22(29)20(27)15-21(28)26-13-11-25(12-14-26)18-6-2-3-7-18/h1,4-5,8,18,20H,2-3,6-7,9-16H2,(H,24,29). The van der Waals surface area contributed by atoms with Crippen LogP contribution in [0.1, 0.15) is 37.7 Å². The smallest absolute Gasteiger partial charge is 0.237 e. The minimum absolute atomic E-state index is 0.0247. The minimum atomic E-state index is -0.538. The van der Waals surface area contributed by atoms with Gasteiger partial charge in [0.1, 0.15) is 5.82 Å². The Morgan fingerprint density at radius 1 is 1.07 bits per heavy atom. The molecule has 0 aromatic heterocycles. The summed E-state index contributed by atoms with van der Waals surface area (Å²) in [5, 5.41) is 2.86. The summed E-state index contributed by atoms with van der Waals surface area (Å²) >= 11 is 0. The van der Waals surface area contributed by atoms with Crippen molar-refractivity contribution < 1.29 is 14.0 Å². The maximum absolute atomic E-state index is 14.1. The van der Waals surface area contributed by atoms with Crippen molar-refractivity contribution in [2.75, 3.05) is 39.3 Å². The van der Waals surface area contributed by atoms with Crippen molar-refractivity contribution in [3.05, 3.63) is 35.6 Å². The van der Waals surface area contributed by atoms with Crippen LogP contribution < -0.4 is 5.32 Å². The monoisotopic (exact) mass is 402 g/mol. The molecule has 0 radical (unpaired) electrons. The quantitative estimate of drug-likeness (QED) is 0.813. The highest BCUT2D eigenvalue weighted by molar-refractivity contribution is 5.88. The van der Waals surface area contributed by atoms with Gasteiger partial charge in [-0.15, -0.1) is 0 Å². The van der Waals surface area contributed by atoms with Gasteiger partial charge in [0.15, 0.2) is 0 Å². The molecule has 3 aliphatic rings. The highest BCUT2D eigenvalue weighted by atomic mass is 19.1. The molecular formula is C22H31FN4O2. The molecule has 7 heteroatoms. The van der Waals surface area contributed by atoms with Crippen molar-refractivity contribution in [3.8, 4) is 0 Å². The molecule has 2 saturated heterocycles. The lowest BCUT2D eigenvalue weighted by atomic mass is 10.1. The Labute approximate surface area is 172 Å². The van der Waals surface area contributed by atoms with Gasteiger partial charge in [-0.1, -0.05) is 31.0 Å². The van der Waals surface area contributed by atoms with E-state index in [-0.39, 0.29) is 24.1 Å². The van der Waals surface area contributed by atoms with Gasteiger partial charge in [0, 0.05) is 57.4 Å². The van der Waals surface area contributed by atoms with Crippen molar-refractivity contribution in [2.45, 2.75) is 50.7 Å². The second kappa shape index (κ2) is 9.22. The zero-order valence-corrected chi connectivity index (χ0v) is 17.0. The summed E-state index contributed by atoms with van der Waals surface area (Å²) in [6.07, 6.45) is 5.35. The van der Waals surface area contributed by atoms with Gasteiger partial charge in [0.05, 0.1) is 12.5 Å². The highest BCUT2D eigenvalue weighted by Crippen LogP contribution is 2.24. The molecule has 29 heavy (non-hydrogen) atoms. The first-order chi connectivity index (χ1) is 14.1. The van der Waals surface area contributed by atoms with Crippen LogP contribution in [0.4, 0.5) is 4.39 Å². The molecular weight excluding hydrogens is 371 g/mol. The number of nitrogens with one attached hydrogen (secondary N) is 1. The van der Waals surface area contributed by atoms with E-state index in [9.17, 15) is 14.0 Å². The molecule has 0 bridgehead atoms. The molecule has 1 aromatic carbocycles. The van der Waals surface area contributed by atoms with E-state index in [1.165, 1.54) is 31.7 Å². The van der Waals surface area contributed by atoms with Gasteiger partial charge in [-0.2, -0.15) is 0 Å². The lowest BCUT2D eigenvalue weighted by Gasteiger charge is -2.40. The van der Waals surface area contributed by atoms with Crippen LogP contribution in [-0.4, -0.2) is 77.9 Å². The van der Waals surface area contributed by atoms with Gasteiger partial charge >= 0.3 is 0 Å². The average molecular weight is 403 g/mol. The number of amides is 2. The summed E-state index contributed by atoms with van der Waals surface area (Å²) in [4.78, 5) is 31.8. The summed E-state index contributed by atoms with van der Waals surface area (Å²) in [5.74, 6) is -0.381. The van der Waals surface area contributed by atoms with Gasteiger partial charge in [0.2, 0.25) is 11.8 Å². The SMILES string of the molecule is O=C1NCCN(Cc2ccccc2F)C1CC(=O)N1CCN(C2CCCC2)CC1. The van der Waals surface area contributed by atoms with Gasteiger partial charge in [-0.05, 0) is 18.9 Å². The Balaban J connectivity index is 1.35. The fourth-order valence-corrected chi connectivity index (χ4v) is 4.92. The number of hydrogen-bond donors (Lipinski definition) is 1. The predicted octanol–water partition coefficient (Wildman–Crippen LogP) is 1.60. The van der Waals surface area contributed by atoms with E-state index in [0.29, 0.717) is 31.2 Å². The molecule has 1 unspecified atom stereocenters. The largest absolute Gasteiger partial charge is 0.353 e. The molecule has 2 aliphatic heterocycles. The minimum Gasteiger partial charge on any atom is -0.353 e. The summed E-state index contributed by atoms with van der Waals surface area (Å²) in [6.45, 7) is 4.80. The number of carbonyl (C=O) groups excluding carboxylic acids is 2. The molecule has 1 saturated carbocycles. The number of piperazine rings is 2. The summed E-state index contributed by atoms with van der Waals surface area (Å²) < 4.78 is 14.1. The molecule has 6 nitrogen and oxygen atoms in total. The van der Waals surface area contributed by atoms with E-state index < -0.39 is 6.04 Å². The molecule has 2 amide bonds. The first-order valence-corrected chi connectivity index (χ1v) is 10.9. The third-order valence-corrected chi connectivity index (χ3v) is 6.65. The zero-order chi connectivity index (χ0) is 20.2. The molecule has 2 heterocycles. The maximum atomic E-state index is 14.1. The fourth-order valence-electron chi connectivity index (χ4n) is 4.92. The Kier molecular flexibility index (Phi) is 6.45. The van der Waals surface area contributed by atoms with Crippen LogP contribution in [0.5, 0.6) is 0 Å². The van der Waals surface area contributed by atoms with Crippen LogP contribution in [0.15, 0.2) is 24.3 Å². The van der Waals surface area contributed by atoms with E-state index in [2.05, 4.69) is 10.2 Å². The number of rotatable bonds is 5. The summed E-state index contributed by atoms with van der Waals surface area (Å²) in [5.41, 5.74) is 0.560. The van der Waals surface area contributed by atoms with E-state index >= 15 is 0 Å². The van der Waals surface area contributed by atoms with Crippen LogP contribution in [0, 0.1) is 5.82 Å². The van der Waals surface area contributed by atoms with Crippen LogP contribution in [0.2, 0.25) is 0 Å². The summed E-state index contributed by atoms with van der Waals surface area (Å²) in [6, 6.07) is 6.78. The molecule has 1 aliphatic carbocycles. The Hall–Kier alpha value is -1.99. The van der Waals surface area contributed by atoms with Crippen LogP contribution in [0.3, 0.4) is 0 Å². The van der Waals surface area contributed by atoms with Crippen molar-refractivity contribution in [1.29, 1.82) is 0 Å². The van der Waals surface area contributed by atoms with Gasteiger partial charge < -0.3 is 10.2 Å².